The Kier molecular flexibility index (Phi) is 5.16. The zero-order valence-corrected chi connectivity index (χ0v) is 16.2. The predicted octanol–water partition coefficient (Wildman–Crippen LogP) is 2.76. The van der Waals surface area contributed by atoms with Crippen LogP contribution in [0.25, 0.3) is 0 Å². The molecular weight excluding hydrogens is 348 g/mol. The number of rotatable bonds is 3. The average Bonchev–Trinajstić information content (AvgIpc) is 2.61. The molecule has 0 spiro atoms. The third kappa shape index (κ3) is 3.66. The summed E-state index contributed by atoms with van der Waals surface area (Å²) in [4.78, 5) is 14.7. The van der Waals surface area contributed by atoms with Gasteiger partial charge in [-0.15, -0.1) is 0 Å². The Balaban J connectivity index is 1.71. The highest BCUT2D eigenvalue weighted by Gasteiger charge is 2.31. The Morgan fingerprint density at radius 2 is 1.42 bits per heavy atom. The van der Waals surface area contributed by atoms with Gasteiger partial charge >= 0.3 is 0 Å². The van der Waals surface area contributed by atoms with Crippen LogP contribution in [0.4, 0.5) is 0 Å². The molecule has 1 heterocycles. The van der Waals surface area contributed by atoms with Crippen LogP contribution in [0.5, 0.6) is 0 Å². The van der Waals surface area contributed by atoms with Crippen molar-refractivity contribution in [3.8, 4) is 0 Å². The van der Waals surface area contributed by atoms with Crippen LogP contribution in [0.15, 0.2) is 47.4 Å². The second-order valence-electron chi connectivity index (χ2n) is 6.83. The molecule has 1 aliphatic rings. The maximum absolute atomic E-state index is 12.9. The van der Waals surface area contributed by atoms with Crippen LogP contribution >= 0.6 is 0 Å². The standard InChI is InChI=1S/C20H24N2O3S/c1-15-4-7-18(8-5-15)20(23)21-10-12-22(13-11-21)26(24,25)19-9-6-16(2)14-17(19)3/h4-9,14H,10-13H2,1-3H3. The molecule has 1 fully saturated rings. The molecule has 0 saturated carbocycles. The maximum Gasteiger partial charge on any atom is 0.253 e. The van der Waals surface area contributed by atoms with Crippen LogP contribution in [-0.2, 0) is 10.0 Å². The molecule has 5 nitrogen and oxygen atoms in total. The first-order valence-electron chi connectivity index (χ1n) is 8.72. The van der Waals surface area contributed by atoms with Gasteiger partial charge in [0.25, 0.3) is 5.91 Å². The normalized spacial score (nSPS) is 15.9. The third-order valence-electron chi connectivity index (χ3n) is 4.77. The van der Waals surface area contributed by atoms with E-state index in [2.05, 4.69) is 0 Å². The van der Waals surface area contributed by atoms with Gasteiger partial charge in [0.1, 0.15) is 0 Å². The molecule has 0 atom stereocenters. The monoisotopic (exact) mass is 372 g/mol. The molecule has 0 aromatic heterocycles. The maximum atomic E-state index is 12.9. The van der Waals surface area contributed by atoms with E-state index in [1.54, 1.807) is 11.0 Å². The number of aryl methyl sites for hydroxylation is 3. The van der Waals surface area contributed by atoms with Gasteiger partial charge < -0.3 is 4.90 Å². The number of benzene rings is 2. The number of sulfonamides is 1. The van der Waals surface area contributed by atoms with Crippen LogP contribution in [-0.4, -0.2) is 49.7 Å². The molecule has 0 N–H and O–H groups in total. The van der Waals surface area contributed by atoms with E-state index in [0.29, 0.717) is 36.6 Å². The van der Waals surface area contributed by atoms with Gasteiger partial charge in [-0.1, -0.05) is 35.4 Å². The number of piperazine rings is 1. The molecular formula is C20H24N2O3S. The number of hydrogen-bond donors (Lipinski definition) is 0. The van der Waals surface area contributed by atoms with Crippen LogP contribution in [0.3, 0.4) is 0 Å². The fourth-order valence-electron chi connectivity index (χ4n) is 3.24. The van der Waals surface area contributed by atoms with E-state index < -0.39 is 10.0 Å². The largest absolute Gasteiger partial charge is 0.336 e. The summed E-state index contributed by atoms with van der Waals surface area (Å²) in [5, 5.41) is 0. The number of nitrogens with zero attached hydrogens (tertiary/aromatic N) is 2. The van der Waals surface area contributed by atoms with Crippen molar-refractivity contribution >= 4 is 15.9 Å². The second-order valence-corrected chi connectivity index (χ2v) is 8.74. The number of carbonyl (C=O) groups excluding carboxylic acids is 1. The highest BCUT2D eigenvalue weighted by molar-refractivity contribution is 7.89. The lowest BCUT2D eigenvalue weighted by Crippen LogP contribution is -2.50. The quantitative estimate of drug-likeness (QED) is 0.832. The Hall–Kier alpha value is -2.18. The Morgan fingerprint density at radius 1 is 0.846 bits per heavy atom. The molecule has 1 aliphatic heterocycles. The predicted molar refractivity (Wildman–Crippen MR) is 102 cm³/mol. The van der Waals surface area contributed by atoms with Gasteiger partial charge in [-0.25, -0.2) is 8.42 Å². The SMILES string of the molecule is Cc1ccc(C(=O)N2CCN(S(=O)(=O)c3ccc(C)cc3C)CC2)cc1. The lowest BCUT2D eigenvalue weighted by molar-refractivity contribution is 0.0698. The van der Waals surface area contributed by atoms with Crippen molar-refractivity contribution in [1.29, 1.82) is 0 Å². The van der Waals surface area contributed by atoms with Gasteiger partial charge in [-0.2, -0.15) is 4.31 Å². The molecule has 0 aliphatic carbocycles. The van der Waals surface area contributed by atoms with E-state index >= 15 is 0 Å². The second kappa shape index (κ2) is 7.21. The minimum Gasteiger partial charge on any atom is -0.336 e. The van der Waals surface area contributed by atoms with Crippen molar-refractivity contribution in [3.63, 3.8) is 0 Å². The van der Waals surface area contributed by atoms with E-state index in [4.69, 9.17) is 0 Å². The van der Waals surface area contributed by atoms with Gasteiger partial charge in [-0.3, -0.25) is 4.79 Å². The summed E-state index contributed by atoms with van der Waals surface area (Å²) in [6.45, 7) is 7.16. The van der Waals surface area contributed by atoms with E-state index in [-0.39, 0.29) is 5.91 Å². The van der Waals surface area contributed by atoms with Crippen molar-refractivity contribution in [3.05, 3.63) is 64.7 Å². The summed E-state index contributed by atoms with van der Waals surface area (Å²) in [5.41, 5.74) is 3.53. The zero-order chi connectivity index (χ0) is 18.9. The number of hydrogen-bond acceptors (Lipinski definition) is 3. The molecule has 1 saturated heterocycles. The molecule has 138 valence electrons. The van der Waals surface area contributed by atoms with Gasteiger partial charge in [0.05, 0.1) is 4.90 Å². The summed E-state index contributed by atoms with van der Waals surface area (Å²) in [6.07, 6.45) is 0. The lowest BCUT2D eigenvalue weighted by Gasteiger charge is -2.34. The van der Waals surface area contributed by atoms with E-state index in [0.717, 1.165) is 16.7 Å². The molecule has 2 aromatic carbocycles. The molecule has 26 heavy (non-hydrogen) atoms. The van der Waals surface area contributed by atoms with Gasteiger partial charge in [-0.05, 0) is 44.5 Å². The van der Waals surface area contributed by atoms with E-state index in [1.165, 1.54) is 4.31 Å². The average molecular weight is 372 g/mol. The summed E-state index contributed by atoms with van der Waals surface area (Å²) in [6, 6.07) is 12.8. The highest BCUT2D eigenvalue weighted by atomic mass is 32.2. The Bertz CT molecular complexity index is 913. The third-order valence-corrected chi connectivity index (χ3v) is 6.83. The van der Waals surface area contributed by atoms with Crippen LogP contribution in [0, 0.1) is 20.8 Å². The first-order valence-corrected chi connectivity index (χ1v) is 10.2. The molecule has 6 heteroatoms. The minimum atomic E-state index is -3.53. The van der Waals surface area contributed by atoms with Crippen molar-refractivity contribution in [2.45, 2.75) is 25.7 Å². The lowest BCUT2D eigenvalue weighted by atomic mass is 10.1. The summed E-state index contributed by atoms with van der Waals surface area (Å²) in [5.74, 6) is -0.0476. The van der Waals surface area contributed by atoms with E-state index in [1.807, 2.05) is 57.2 Å². The van der Waals surface area contributed by atoms with E-state index in [9.17, 15) is 13.2 Å². The van der Waals surface area contributed by atoms with Crippen LogP contribution in [0.1, 0.15) is 27.0 Å². The topological polar surface area (TPSA) is 57.7 Å². The summed E-state index contributed by atoms with van der Waals surface area (Å²) >= 11 is 0. The smallest absolute Gasteiger partial charge is 0.253 e. The van der Waals surface area contributed by atoms with Crippen molar-refractivity contribution in [1.82, 2.24) is 9.21 Å². The van der Waals surface area contributed by atoms with Gasteiger partial charge in [0.15, 0.2) is 0 Å². The first kappa shape index (κ1) is 18.6. The highest BCUT2D eigenvalue weighted by Crippen LogP contribution is 2.22. The fourth-order valence-corrected chi connectivity index (χ4v) is 4.87. The van der Waals surface area contributed by atoms with Crippen molar-refractivity contribution in [2.24, 2.45) is 0 Å². The van der Waals surface area contributed by atoms with Crippen molar-refractivity contribution < 1.29 is 13.2 Å². The zero-order valence-electron chi connectivity index (χ0n) is 15.4. The number of amides is 1. The van der Waals surface area contributed by atoms with Gasteiger partial charge in [0, 0.05) is 31.7 Å². The molecule has 0 unspecified atom stereocenters. The molecule has 3 rings (SSSR count). The summed E-state index contributed by atoms with van der Waals surface area (Å²) < 4.78 is 27.3. The van der Waals surface area contributed by atoms with Gasteiger partial charge in [0.2, 0.25) is 10.0 Å². The molecule has 0 radical (unpaired) electrons. The van der Waals surface area contributed by atoms with Crippen molar-refractivity contribution in [2.75, 3.05) is 26.2 Å². The fraction of sp³-hybridized carbons (Fsp3) is 0.350. The molecule has 1 amide bonds. The van der Waals surface area contributed by atoms with Crippen LogP contribution in [0.2, 0.25) is 0 Å². The Morgan fingerprint density at radius 3 is 2.00 bits per heavy atom. The Labute approximate surface area is 155 Å². The minimum absolute atomic E-state index is 0.0476. The number of carbonyl (C=O) groups is 1. The molecule has 0 bridgehead atoms. The van der Waals surface area contributed by atoms with Crippen LogP contribution < -0.4 is 0 Å². The molecule has 2 aromatic rings. The summed E-state index contributed by atoms with van der Waals surface area (Å²) in [7, 11) is -3.53. The first-order chi connectivity index (χ1) is 12.3.